The van der Waals surface area contributed by atoms with Crippen molar-refractivity contribution in [1.29, 1.82) is 0 Å². The lowest BCUT2D eigenvalue weighted by molar-refractivity contribution is 0.330. The minimum absolute atomic E-state index is 0.141. The Kier molecular flexibility index (Phi) is 6.27. The summed E-state index contributed by atoms with van der Waals surface area (Å²) in [5, 5.41) is 55.7. The molecule has 5 aromatic carbocycles. The van der Waals surface area contributed by atoms with E-state index < -0.39 is 28.7 Å². The van der Waals surface area contributed by atoms with Gasteiger partial charge < -0.3 is 25.5 Å². The molecule has 5 aromatic rings. The number of phenolic OH excluding ortho intramolecular Hbond substituents is 5. The van der Waals surface area contributed by atoms with Gasteiger partial charge in [-0.3, -0.25) is 0 Å². The third kappa shape index (κ3) is 3.94. The second-order valence-electron chi connectivity index (χ2n) is 10.0. The molecule has 0 radical (unpaired) electrons. The van der Waals surface area contributed by atoms with Gasteiger partial charge in [0.2, 0.25) is 17.2 Å². The summed E-state index contributed by atoms with van der Waals surface area (Å²) in [5.41, 5.74) is 6.44. The molecule has 0 fully saturated rings. The molecule has 0 saturated heterocycles. The van der Waals surface area contributed by atoms with Gasteiger partial charge in [-0.05, 0) is 67.4 Å². The summed E-state index contributed by atoms with van der Waals surface area (Å²) < 4.78 is 0. The van der Waals surface area contributed by atoms with Crippen LogP contribution in [0, 0.1) is 0 Å². The molecular formula is C36H28O5. The summed E-state index contributed by atoms with van der Waals surface area (Å²) in [7, 11) is 0. The minimum Gasteiger partial charge on any atom is -0.504 e. The second kappa shape index (κ2) is 9.96. The number of benzene rings is 5. The summed E-state index contributed by atoms with van der Waals surface area (Å²) in [5.74, 6) is -4.19. The summed E-state index contributed by atoms with van der Waals surface area (Å²) in [6.45, 7) is 7.92. The number of rotatable bonds is 5. The molecule has 1 aliphatic carbocycles. The van der Waals surface area contributed by atoms with Gasteiger partial charge in [0.25, 0.3) is 0 Å². The highest BCUT2D eigenvalue weighted by atomic mass is 16.4. The predicted octanol–water partition coefficient (Wildman–Crippen LogP) is 7.01. The van der Waals surface area contributed by atoms with Crippen LogP contribution in [-0.4, -0.2) is 25.5 Å². The van der Waals surface area contributed by atoms with Crippen LogP contribution in [0.4, 0.5) is 0 Å². The first-order chi connectivity index (χ1) is 19.9. The number of hydrogen-bond acceptors (Lipinski definition) is 5. The highest BCUT2D eigenvalue weighted by Gasteiger charge is 2.27. The Morgan fingerprint density at radius 3 is 1.63 bits per heavy atom. The minimum atomic E-state index is -0.979. The third-order valence-electron chi connectivity index (χ3n) is 7.83. The highest BCUT2D eigenvalue weighted by Crippen LogP contribution is 2.55. The van der Waals surface area contributed by atoms with Crippen molar-refractivity contribution < 1.29 is 25.5 Å². The number of fused-ring (bicyclic) bond motifs is 2. The van der Waals surface area contributed by atoms with Gasteiger partial charge in [0.15, 0.2) is 11.5 Å². The summed E-state index contributed by atoms with van der Waals surface area (Å²) in [6, 6.07) is 22.0. The van der Waals surface area contributed by atoms with Crippen molar-refractivity contribution in [2.75, 3.05) is 0 Å². The third-order valence-corrected chi connectivity index (χ3v) is 7.83. The summed E-state index contributed by atoms with van der Waals surface area (Å²) in [4.78, 5) is 0. The molecule has 5 heteroatoms. The van der Waals surface area contributed by atoms with E-state index in [0.717, 1.165) is 62.0 Å². The number of hydrogen-bond donors (Lipinski definition) is 5. The van der Waals surface area contributed by atoms with Gasteiger partial charge in [0.1, 0.15) is 0 Å². The fourth-order valence-electron chi connectivity index (χ4n) is 5.92. The predicted molar refractivity (Wildman–Crippen MR) is 166 cm³/mol. The Balaban J connectivity index is 1.65. The smallest absolute Gasteiger partial charge is 0.208 e. The van der Waals surface area contributed by atoms with Crippen LogP contribution in [0.25, 0.3) is 68.5 Å². The topological polar surface area (TPSA) is 101 Å². The molecule has 202 valence electrons. The number of phenols is 5. The molecule has 0 aromatic heterocycles. The molecule has 0 unspecified atom stereocenters. The molecule has 0 saturated carbocycles. The van der Waals surface area contributed by atoms with Crippen LogP contribution in [0.5, 0.6) is 28.7 Å². The maximum Gasteiger partial charge on any atom is 0.208 e. The van der Waals surface area contributed by atoms with Crippen LogP contribution in [0.1, 0.15) is 24.0 Å². The van der Waals surface area contributed by atoms with Crippen molar-refractivity contribution in [3.8, 4) is 62.1 Å². The summed E-state index contributed by atoms with van der Waals surface area (Å²) >= 11 is 0. The molecular weight excluding hydrogens is 512 g/mol. The van der Waals surface area contributed by atoms with E-state index in [0.29, 0.717) is 10.9 Å². The van der Waals surface area contributed by atoms with Gasteiger partial charge >= 0.3 is 0 Å². The fraction of sp³-hybridized carbons (Fsp3) is 0.0556. The molecule has 0 aliphatic heterocycles. The van der Waals surface area contributed by atoms with Gasteiger partial charge in [-0.2, -0.15) is 0 Å². The lowest BCUT2D eigenvalue weighted by Gasteiger charge is -2.20. The van der Waals surface area contributed by atoms with E-state index in [1.807, 2.05) is 54.6 Å². The van der Waals surface area contributed by atoms with Crippen molar-refractivity contribution in [1.82, 2.24) is 0 Å². The molecule has 41 heavy (non-hydrogen) atoms. The largest absolute Gasteiger partial charge is 0.504 e. The molecule has 5 nitrogen and oxygen atoms in total. The van der Waals surface area contributed by atoms with Gasteiger partial charge in [-0.25, -0.2) is 0 Å². The van der Waals surface area contributed by atoms with Crippen molar-refractivity contribution in [3.63, 3.8) is 0 Å². The van der Waals surface area contributed by atoms with Gasteiger partial charge in [0.05, 0.1) is 5.56 Å². The van der Waals surface area contributed by atoms with E-state index in [9.17, 15) is 25.5 Å². The number of aromatic hydroxyl groups is 5. The zero-order valence-electron chi connectivity index (χ0n) is 22.2. The average molecular weight is 541 g/mol. The first-order valence-electron chi connectivity index (χ1n) is 13.3. The Morgan fingerprint density at radius 1 is 0.512 bits per heavy atom. The Bertz CT molecular complexity index is 1990. The first kappa shape index (κ1) is 25.8. The van der Waals surface area contributed by atoms with E-state index in [1.54, 1.807) is 0 Å². The monoisotopic (exact) mass is 540 g/mol. The summed E-state index contributed by atoms with van der Waals surface area (Å²) in [6.07, 6.45) is 9.37. The molecule has 5 N–H and O–H groups in total. The van der Waals surface area contributed by atoms with Crippen molar-refractivity contribution >= 4 is 35.1 Å². The van der Waals surface area contributed by atoms with E-state index >= 15 is 0 Å². The molecule has 0 heterocycles. The van der Waals surface area contributed by atoms with Crippen LogP contribution in [0.3, 0.4) is 0 Å². The lowest BCUT2D eigenvalue weighted by atomic mass is 9.85. The molecule has 0 atom stereocenters. The Labute approximate surface area is 236 Å². The average Bonchev–Trinajstić information content (AvgIpc) is 3.02. The van der Waals surface area contributed by atoms with Gasteiger partial charge in [0, 0.05) is 5.56 Å². The van der Waals surface area contributed by atoms with Gasteiger partial charge in [-0.15, -0.1) is 0 Å². The van der Waals surface area contributed by atoms with Gasteiger partial charge in [-0.1, -0.05) is 104 Å². The van der Waals surface area contributed by atoms with Crippen LogP contribution < -0.4 is 10.4 Å². The molecule has 1 aliphatic rings. The van der Waals surface area contributed by atoms with Crippen LogP contribution >= 0.6 is 0 Å². The SMILES string of the molecule is C=Cc1cccc(-c2ccc(-c3c4c(c(-c5c(O)c(O)c(O)c(O)c5O)c5ccccc35)=CCCC=4)cc2)c1C=C. The quantitative estimate of drug-likeness (QED) is 0.122. The molecule has 0 amide bonds. The highest BCUT2D eigenvalue weighted by molar-refractivity contribution is 6.08. The van der Waals surface area contributed by atoms with E-state index in [1.165, 1.54) is 0 Å². The van der Waals surface area contributed by atoms with Crippen molar-refractivity contribution in [3.05, 3.63) is 101 Å². The van der Waals surface area contributed by atoms with E-state index in [4.69, 9.17) is 0 Å². The zero-order valence-corrected chi connectivity index (χ0v) is 22.2. The Hall–Kier alpha value is -5.42. The van der Waals surface area contributed by atoms with Crippen molar-refractivity contribution in [2.24, 2.45) is 0 Å². The van der Waals surface area contributed by atoms with E-state index in [-0.39, 0.29) is 5.56 Å². The second-order valence-corrected chi connectivity index (χ2v) is 10.0. The molecule has 0 spiro atoms. The van der Waals surface area contributed by atoms with Crippen LogP contribution in [-0.2, 0) is 0 Å². The maximum absolute atomic E-state index is 10.9. The van der Waals surface area contributed by atoms with E-state index in [2.05, 4.69) is 49.6 Å². The molecule has 0 bridgehead atoms. The first-order valence-corrected chi connectivity index (χ1v) is 13.3. The fourth-order valence-corrected chi connectivity index (χ4v) is 5.92. The molecule has 6 rings (SSSR count). The van der Waals surface area contributed by atoms with Crippen molar-refractivity contribution in [2.45, 2.75) is 12.8 Å². The normalized spacial score (nSPS) is 12.3. The zero-order chi connectivity index (χ0) is 28.8. The standard InChI is InChI=1S/C36H28O5/c1-3-20-10-9-15-24(23(20)4-2)21-16-18-22(19-17-21)29-25-11-5-7-13-27(25)30(28-14-8-6-12-26(28)29)31-32(37)34(39)36(41)35(40)33(31)38/h3-5,7,9-19,37-41H,1-2,6,8H2. The maximum atomic E-state index is 10.9. The Morgan fingerprint density at radius 2 is 1.05 bits per heavy atom. The lowest BCUT2D eigenvalue weighted by Crippen LogP contribution is -2.31. The van der Waals surface area contributed by atoms with Crippen LogP contribution in [0.15, 0.2) is 79.9 Å². The van der Waals surface area contributed by atoms with Crippen LogP contribution in [0.2, 0.25) is 0 Å².